The number of hydrogen-bond donors (Lipinski definition) is 1. The third-order valence-electron chi connectivity index (χ3n) is 8.65. The van der Waals surface area contributed by atoms with Crippen LogP contribution in [0.4, 0.5) is 0 Å². The summed E-state index contributed by atoms with van der Waals surface area (Å²) in [5, 5.41) is 7.42. The van der Waals surface area contributed by atoms with Gasteiger partial charge < -0.3 is 5.11 Å². The van der Waals surface area contributed by atoms with Crippen LogP contribution < -0.4 is 0 Å². The predicted octanol–water partition coefficient (Wildman–Crippen LogP) is 6.66. The van der Waals surface area contributed by atoms with Crippen molar-refractivity contribution in [2.24, 2.45) is 34.5 Å². The van der Waals surface area contributed by atoms with Gasteiger partial charge in [-0.1, -0.05) is 46.6 Å². The van der Waals surface area contributed by atoms with E-state index in [1.807, 2.05) is 19.9 Å². The van der Waals surface area contributed by atoms with Crippen molar-refractivity contribution < 1.29 is 14.7 Å². The number of carboxylic acids is 1. The van der Waals surface area contributed by atoms with Crippen LogP contribution in [0.2, 0.25) is 0 Å². The van der Waals surface area contributed by atoms with E-state index in [9.17, 15) is 4.79 Å². The second-order valence-electron chi connectivity index (χ2n) is 9.71. The molecule has 28 heavy (non-hydrogen) atoms. The van der Waals surface area contributed by atoms with Gasteiger partial charge in [0.1, 0.15) is 0 Å². The van der Waals surface area contributed by atoms with E-state index in [4.69, 9.17) is 9.90 Å². The molecule has 0 heterocycles. The van der Waals surface area contributed by atoms with Gasteiger partial charge in [-0.25, -0.2) is 0 Å². The van der Waals surface area contributed by atoms with Crippen molar-refractivity contribution >= 4 is 11.8 Å². The summed E-state index contributed by atoms with van der Waals surface area (Å²) in [5.41, 5.74) is 2.49. The first kappa shape index (κ1) is 23.2. The van der Waals surface area contributed by atoms with Crippen LogP contribution in [-0.4, -0.2) is 16.9 Å². The van der Waals surface area contributed by atoms with Crippen LogP contribution in [0.15, 0.2) is 11.6 Å². The lowest BCUT2D eigenvalue weighted by Crippen LogP contribution is -2.50. The Bertz CT molecular complexity index is 603. The maximum absolute atomic E-state index is 11.9. The number of allylic oxidation sites excluding steroid dienone is 1. The van der Waals surface area contributed by atoms with Crippen molar-refractivity contribution in [1.82, 2.24) is 0 Å². The quantitative estimate of drug-likeness (QED) is 0.544. The van der Waals surface area contributed by atoms with Gasteiger partial charge in [-0.05, 0) is 85.5 Å². The SMILES string of the molecule is CC.CC(=O)O.CCC1CCC2C3CCC4=CC(=O)CCC4(C)C3CCC12C. The fourth-order valence-electron chi connectivity index (χ4n) is 7.34. The molecular formula is C25H42O3. The van der Waals surface area contributed by atoms with Crippen LogP contribution in [0.3, 0.4) is 0 Å². The van der Waals surface area contributed by atoms with Crippen LogP contribution in [0.1, 0.15) is 99.3 Å². The molecule has 6 unspecified atom stereocenters. The highest BCUT2D eigenvalue weighted by Gasteiger charge is 2.58. The second-order valence-corrected chi connectivity index (χ2v) is 9.71. The van der Waals surface area contributed by atoms with Crippen LogP contribution in [0, 0.1) is 34.5 Å². The van der Waals surface area contributed by atoms with Crippen molar-refractivity contribution in [3.05, 3.63) is 11.6 Å². The Hall–Kier alpha value is -1.12. The molecule has 0 aromatic heterocycles. The maximum atomic E-state index is 11.9. The monoisotopic (exact) mass is 390 g/mol. The molecule has 0 amide bonds. The van der Waals surface area contributed by atoms with Crippen LogP contribution >= 0.6 is 0 Å². The van der Waals surface area contributed by atoms with E-state index in [0.717, 1.165) is 43.4 Å². The summed E-state index contributed by atoms with van der Waals surface area (Å²) < 4.78 is 0. The Morgan fingerprint density at radius 1 is 1.07 bits per heavy atom. The van der Waals surface area contributed by atoms with E-state index in [1.54, 1.807) is 0 Å². The first-order valence-electron chi connectivity index (χ1n) is 11.7. The van der Waals surface area contributed by atoms with Crippen molar-refractivity contribution in [3.8, 4) is 0 Å². The number of hydrogen-bond acceptors (Lipinski definition) is 2. The average Bonchev–Trinajstić information content (AvgIpc) is 3.00. The van der Waals surface area contributed by atoms with E-state index >= 15 is 0 Å². The number of rotatable bonds is 1. The zero-order chi connectivity index (χ0) is 21.1. The van der Waals surface area contributed by atoms with E-state index < -0.39 is 5.97 Å². The molecule has 0 aromatic rings. The Morgan fingerprint density at radius 3 is 2.32 bits per heavy atom. The van der Waals surface area contributed by atoms with Crippen molar-refractivity contribution in [2.45, 2.75) is 99.3 Å². The minimum absolute atomic E-state index is 0.350. The maximum Gasteiger partial charge on any atom is 0.300 e. The first-order valence-corrected chi connectivity index (χ1v) is 11.7. The van der Waals surface area contributed by atoms with E-state index in [0.29, 0.717) is 16.6 Å². The van der Waals surface area contributed by atoms with Gasteiger partial charge >= 0.3 is 0 Å². The van der Waals surface area contributed by atoms with Gasteiger partial charge in [-0.3, -0.25) is 9.59 Å². The molecule has 4 aliphatic carbocycles. The van der Waals surface area contributed by atoms with Crippen molar-refractivity contribution in [2.75, 3.05) is 0 Å². The first-order chi connectivity index (χ1) is 13.2. The van der Waals surface area contributed by atoms with Gasteiger partial charge in [0.25, 0.3) is 5.97 Å². The molecule has 0 spiro atoms. The molecule has 0 aromatic carbocycles. The number of carboxylic acid groups (broad SMARTS) is 1. The second kappa shape index (κ2) is 9.13. The standard InChI is InChI=1S/C21H32O.C2H4O2.C2H6/c1-4-14-6-8-18-17-7-5-15-13-16(22)9-11-21(15,3)19(17)10-12-20(14,18)2;1-2(3)4;1-2/h13-14,17-19H,4-12H2,1-3H3;1H3,(H,3,4);1-2H3. The molecule has 0 aliphatic heterocycles. The molecule has 4 rings (SSSR count). The van der Waals surface area contributed by atoms with E-state index in [-0.39, 0.29) is 0 Å². The van der Waals surface area contributed by atoms with Gasteiger partial charge in [-0.2, -0.15) is 0 Å². The predicted molar refractivity (Wildman–Crippen MR) is 115 cm³/mol. The third kappa shape index (κ3) is 4.09. The average molecular weight is 391 g/mol. The summed E-state index contributed by atoms with van der Waals surface area (Å²) in [6, 6.07) is 0. The summed E-state index contributed by atoms with van der Waals surface area (Å²) in [4.78, 5) is 20.9. The summed E-state index contributed by atoms with van der Waals surface area (Å²) in [5.74, 6) is 3.28. The van der Waals surface area contributed by atoms with E-state index in [2.05, 4.69) is 20.8 Å². The molecule has 3 nitrogen and oxygen atoms in total. The smallest absolute Gasteiger partial charge is 0.300 e. The van der Waals surface area contributed by atoms with Gasteiger partial charge in [0, 0.05) is 13.3 Å². The normalized spacial score (nSPS) is 41.1. The molecule has 1 N–H and O–H groups in total. The molecule has 3 heteroatoms. The number of fused-ring (bicyclic) bond motifs is 5. The Labute approximate surface area is 172 Å². The highest BCUT2D eigenvalue weighted by atomic mass is 16.4. The number of carbonyl (C=O) groups excluding carboxylic acids is 1. The lowest BCUT2D eigenvalue weighted by molar-refractivity contribution is -0.134. The summed E-state index contributed by atoms with van der Waals surface area (Å²) in [6.45, 7) is 12.6. The topological polar surface area (TPSA) is 54.4 Å². The molecular weight excluding hydrogens is 348 g/mol. The van der Waals surface area contributed by atoms with Gasteiger partial charge in [-0.15, -0.1) is 0 Å². The van der Waals surface area contributed by atoms with Gasteiger partial charge in [0.15, 0.2) is 5.78 Å². The zero-order valence-electron chi connectivity index (χ0n) is 19.0. The molecule has 0 radical (unpaired) electrons. The molecule has 6 atom stereocenters. The molecule has 0 bridgehead atoms. The van der Waals surface area contributed by atoms with Gasteiger partial charge in [0.2, 0.25) is 0 Å². The summed E-state index contributed by atoms with van der Waals surface area (Å²) in [6.07, 6.45) is 13.7. The van der Waals surface area contributed by atoms with Gasteiger partial charge in [0.05, 0.1) is 0 Å². The molecule has 3 saturated carbocycles. The lowest BCUT2D eigenvalue weighted by atomic mass is 9.47. The molecule has 160 valence electrons. The lowest BCUT2D eigenvalue weighted by Gasteiger charge is -2.58. The zero-order valence-corrected chi connectivity index (χ0v) is 19.0. The summed E-state index contributed by atoms with van der Waals surface area (Å²) in [7, 11) is 0. The van der Waals surface area contributed by atoms with Crippen LogP contribution in [0.5, 0.6) is 0 Å². The van der Waals surface area contributed by atoms with Crippen LogP contribution in [0.25, 0.3) is 0 Å². The molecule has 0 saturated heterocycles. The highest BCUT2D eigenvalue weighted by molar-refractivity contribution is 5.91. The Balaban J connectivity index is 0.000000419. The molecule has 3 fully saturated rings. The fourth-order valence-corrected chi connectivity index (χ4v) is 7.34. The highest BCUT2D eigenvalue weighted by Crippen LogP contribution is 2.66. The van der Waals surface area contributed by atoms with Crippen molar-refractivity contribution in [3.63, 3.8) is 0 Å². The Kier molecular flexibility index (Phi) is 7.56. The largest absolute Gasteiger partial charge is 0.481 e. The Morgan fingerprint density at radius 2 is 1.71 bits per heavy atom. The molecule has 4 aliphatic rings. The fraction of sp³-hybridized carbons (Fsp3) is 0.840. The minimum Gasteiger partial charge on any atom is -0.481 e. The third-order valence-corrected chi connectivity index (χ3v) is 8.65. The number of aliphatic carboxylic acids is 1. The van der Waals surface area contributed by atoms with Crippen LogP contribution in [-0.2, 0) is 9.59 Å². The van der Waals surface area contributed by atoms with Crippen molar-refractivity contribution in [1.29, 1.82) is 0 Å². The summed E-state index contributed by atoms with van der Waals surface area (Å²) >= 11 is 0. The number of carbonyl (C=O) groups is 2. The van der Waals surface area contributed by atoms with E-state index in [1.165, 1.54) is 50.5 Å². The number of ketones is 1. The minimum atomic E-state index is -0.833.